The van der Waals surface area contributed by atoms with E-state index in [4.69, 9.17) is 0 Å². The number of carbonyl (C=O) groups is 2. The van der Waals surface area contributed by atoms with Gasteiger partial charge in [0.25, 0.3) is 5.91 Å². The number of nitrogens with one attached hydrogen (secondary N) is 3. The molecule has 2 heterocycles. The van der Waals surface area contributed by atoms with Gasteiger partial charge in [0.2, 0.25) is 5.91 Å². The van der Waals surface area contributed by atoms with Crippen molar-refractivity contribution in [3.05, 3.63) is 53.6 Å². The Bertz CT molecular complexity index is 920. The molecule has 8 heteroatoms. The second-order valence-electron chi connectivity index (χ2n) is 5.96. The molecule has 0 fully saturated rings. The number of aryl methyl sites for hydroxylation is 3. The number of H-pyrrole nitrogens is 1. The van der Waals surface area contributed by atoms with Gasteiger partial charge < -0.3 is 10.6 Å². The second-order valence-corrected chi connectivity index (χ2v) is 5.96. The van der Waals surface area contributed by atoms with E-state index in [1.165, 1.54) is 10.9 Å². The first-order valence-corrected chi connectivity index (χ1v) is 8.13. The largest absolute Gasteiger partial charge is 0.342 e. The van der Waals surface area contributed by atoms with Gasteiger partial charge >= 0.3 is 0 Å². The molecule has 3 aromatic rings. The molecule has 0 bridgehead atoms. The summed E-state index contributed by atoms with van der Waals surface area (Å²) in [7, 11) is 1.67. The molecule has 0 saturated carbocycles. The summed E-state index contributed by atoms with van der Waals surface area (Å²) < 4.78 is 1.45. The van der Waals surface area contributed by atoms with E-state index in [-0.39, 0.29) is 18.4 Å². The molecule has 0 radical (unpaired) electrons. The Labute approximate surface area is 150 Å². The van der Waals surface area contributed by atoms with Crippen molar-refractivity contribution in [1.29, 1.82) is 0 Å². The Morgan fingerprint density at radius 3 is 2.46 bits per heavy atom. The summed E-state index contributed by atoms with van der Waals surface area (Å²) in [5.74, 6) is -0.648. The Balaban J connectivity index is 1.58. The van der Waals surface area contributed by atoms with Gasteiger partial charge in [0.15, 0.2) is 0 Å². The van der Waals surface area contributed by atoms with Gasteiger partial charge in [-0.3, -0.25) is 19.4 Å². The van der Waals surface area contributed by atoms with Gasteiger partial charge in [-0.15, -0.1) is 0 Å². The molecular formula is C18H20N6O2. The van der Waals surface area contributed by atoms with Crippen molar-refractivity contribution >= 4 is 17.5 Å². The van der Waals surface area contributed by atoms with Gasteiger partial charge in [-0.25, -0.2) is 0 Å². The van der Waals surface area contributed by atoms with Gasteiger partial charge in [0, 0.05) is 30.2 Å². The summed E-state index contributed by atoms with van der Waals surface area (Å²) in [6.45, 7) is 3.79. The third-order valence-corrected chi connectivity index (χ3v) is 4.05. The van der Waals surface area contributed by atoms with E-state index in [0.29, 0.717) is 11.4 Å². The van der Waals surface area contributed by atoms with Crippen LogP contribution in [0.15, 0.2) is 36.5 Å². The topological polar surface area (TPSA) is 105 Å². The third-order valence-electron chi connectivity index (χ3n) is 4.05. The lowest BCUT2D eigenvalue weighted by Gasteiger charge is -2.08. The second kappa shape index (κ2) is 7.22. The van der Waals surface area contributed by atoms with Gasteiger partial charge in [0.05, 0.1) is 12.2 Å². The fourth-order valence-corrected chi connectivity index (χ4v) is 2.75. The minimum atomic E-state index is -0.346. The van der Waals surface area contributed by atoms with E-state index < -0.39 is 0 Å². The zero-order valence-corrected chi connectivity index (χ0v) is 14.8. The van der Waals surface area contributed by atoms with Crippen molar-refractivity contribution in [1.82, 2.24) is 25.3 Å². The summed E-state index contributed by atoms with van der Waals surface area (Å²) in [6, 6.07) is 9.08. The van der Waals surface area contributed by atoms with Crippen LogP contribution in [-0.4, -0.2) is 38.3 Å². The maximum absolute atomic E-state index is 12.0. The van der Waals surface area contributed by atoms with Crippen molar-refractivity contribution in [2.45, 2.75) is 13.8 Å². The van der Waals surface area contributed by atoms with E-state index in [1.807, 2.05) is 38.1 Å². The first-order chi connectivity index (χ1) is 12.5. The van der Waals surface area contributed by atoms with Crippen molar-refractivity contribution in [2.24, 2.45) is 7.05 Å². The molecule has 3 rings (SSSR count). The fourth-order valence-electron chi connectivity index (χ4n) is 2.75. The molecule has 2 aromatic heterocycles. The average molecular weight is 352 g/mol. The van der Waals surface area contributed by atoms with E-state index in [9.17, 15) is 9.59 Å². The summed E-state index contributed by atoms with van der Waals surface area (Å²) in [4.78, 5) is 24.0. The fraction of sp³-hybridized carbons (Fsp3) is 0.222. The van der Waals surface area contributed by atoms with Crippen LogP contribution in [0.4, 0.5) is 5.69 Å². The van der Waals surface area contributed by atoms with Crippen molar-refractivity contribution in [3.8, 4) is 11.1 Å². The number of aromatic nitrogens is 4. The van der Waals surface area contributed by atoms with Crippen LogP contribution in [0.2, 0.25) is 0 Å². The predicted molar refractivity (Wildman–Crippen MR) is 97.7 cm³/mol. The number of hydrogen-bond donors (Lipinski definition) is 3. The monoisotopic (exact) mass is 352 g/mol. The van der Waals surface area contributed by atoms with E-state index in [2.05, 4.69) is 25.9 Å². The van der Waals surface area contributed by atoms with E-state index in [1.54, 1.807) is 13.1 Å². The van der Waals surface area contributed by atoms with E-state index in [0.717, 1.165) is 22.5 Å². The van der Waals surface area contributed by atoms with E-state index >= 15 is 0 Å². The van der Waals surface area contributed by atoms with Crippen molar-refractivity contribution < 1.29 is 9.59 Å². The van der Waals surface area contributed by atoms with Crippen LogP contribution in [-0.2, 0) is 11.8 Å². The molecule has 26 heavy (non-hydrogen) atoms. The minimum absolute atomic E-state index is 0.119. The smallest absolute Gasteiger partial charge is 0.269 e. The molecule has 0 aliphatic heterocycles. The molecule has 8 nitrogen and oxygen atoms in total. The molecule has 0 saturated heterocycles. The zero-order valence-electron chi connectivity index (χ0n) is 14.8. The number of anilines is 1. The summed E-state index contributed by atoms with van der Waals surface area (Å²) in [6.07, 6.45) is 1.53. The molecule has 0 aliphatic carbocycles. The Kier molecular flexibility index (Phi) is 4.83. The molecule has 0 aliphatic rings. The summed E-state index contributed by atoms with van der Waals surface area (Å²) >= 11 is 0. The van der Waals surface area contributed by atoms with Crippen LogP contribution < -0.4 is 10.6 Å². The molecular weight excluding hydrogens is 332 g/mol. The lowest BCUT2D eigenvalue weighted by molar-refractivity contribution is -0.115. The number of amides is 2. The molecule has 2 amide bonds. The maximum atomic E-state index is 12.0. The number of aromatic amines is 1. The Morgan fingerprint density at radius 1 is 1.15 bits per heavy atom. The number of benzene rings is 1. The van der Waals surface area contributed by atoms with Gasteiger partial charge in [0.1, 0.15) is 5.69 Å². The highest BCUT2D eigenvalue weighted by molar-refractivity contribution is 5.98. The van der Waals surface area contributed by atoms with Crippen LogP contribution in [0.3, 0.4) is 0 Å². The number of rotatable bonds is 5. The van der Waals surface area contributed by atoms with Crippen LogP contribution in [0.1, 0.15) is 21.9 Å². The third kappa shape index (κ3) is 3.64. The van der Waals surface area contributed by atoms with Gasteiger partial charge in [-0.2, -0.15) is 10.2 Å². The van der Waals surface area contributed by atoms with Gasteiger partial charge in [-0.05, 0) is 37.6 Å². The average Bonchev–Trinajstić information content (AvgIpc) is 3.19. The lowest BCUT2D eigenvalue weighted by Crippen LogP contribution is -2.33. The number of carbonyl (C=O) groups excluding carboxylic acids is 2. The SMILES string of the molecule is Cc1n[nH]c(C)c1-c1ccc(NC(=O)CNC(=O)c2ccnn2C)cc1. The molecule has 0 atom stereocenters. The molecule has 0 spiro atoms. The summed E-state index contributed by atoms with van der Waals surface area (Å²) in [5, 5.41) is 16.4. The van der Waals surface area contributed by atoms with Crippen LogP contribution in [0, 0.1) is 13.8 Å². The first-order valence-electron chi connectivity index (χ1n) is 8.13. The quantitative estimate of drug-likeness (QED) is 0.651. The normalized spacial score (nSPS) is 10.6. The number of hydrogen-bond acceptors (Lipinski definition) is 4. The van der Waals surface area contributed by atoms with Gasteiger partial charge in [-0.1, -0.05) is 12.1 Å². The number of nitrogens with zero attached hydrogens (tertiary/aromatic N) is 3. The standard InChI is InChI=1S/C18H20N6O2/c1-11-17(12(2)23-22-11)13-4-6-14(7-5-13)21-16(25)10-19-18(26)15-8-9-20-24(15)3/h4-9H,10H2,1-3H3,(H,19,26)(H,21,25)(H,22,23). The highest BCUT2D eigenvalue weighted by Crippen LogP contribution is 2.26. The highest BCUT2D eigenvalue weighted by atomic mass is 16.2. The molecule has 1 aromatic carbocycles. The van der Waals surface area contributed by atoms with Crippen LogP contribution in [0.5, 0.6) is 0 Å². The zero-order chi connectivity index (χ0) is 18.7. The maximum Gasteiger partial charge on any atom is 0.269 e. The van der Waals surface area contributed by atoms with Crippen LogP contribution >= 0.6 is 0 Å². The Hall–Kier alpha value is -3.42. The molecule has 3 N–H and O–H groups in total. The first kappa shape index (κ1) is 17.4. The predicted octanol–water partition coefficient (Wildman–Crippen LogP) is 1.80. The van der Waals surface area contributed by atoms with Crippen molar-refractivity contribution in [3.63, 3.8) is 0 Å². The molecule has 0 unspecified atom stereocenters. The highest BCUT2D eigenvalue weighted by Gasteiger charge is 2.12. The summed E-state index contributed by atoms with van der Waals surface area (Å²) in [5.41, 5.74) is 5.07. The lowest BCUT2D eigenvalue weighted by atomic mass is 10.0. The van der Waals surface area contributed by atoms with Crippen LogP contribution in [0.25, 0.3) is 11.1 Å². The molecule has 134 valence electrons. The minimum Gasteiger partial charge on any atom is -0.342 e. The Morgan fingerprint density at radius 2 is 1.88 bits per heavy atom. The van der Waals surface area contributed by atoms with Crippen molar-refractivity contribution in [2.75, 3.05) is 11.9 Å².